The van der Waals surface area contributed by atoms with Gasteiger partial charge in [-0.05, 0) is 31.0 Å². The molecule has 0 amide bonds. The Labute approximate surface area is 120 Å². The fraction of sp³-hybridized carbons (Fsp3) is 0.176. The molecule has 0 radical (unpaired) electrons. The Morgan fingerprint density at radius 2 is 1.60 bits per heavy atom. The first-order valence-electron chi connectivity index (χ1n) is 6.47. The van der Waals surface area contributed by atoms with Crippen molar-refractivity contribution in [2.45, 2.75) is 18.2 Å². The quantitative estimate of drug-likeness (QED) is 0.787. The lowest BCUT2D eigenvalue weighted by atomic mass is 10.1. The van der Waals surface area contributed by atoms with Gasteiger partial charge in [0.15, 0.2) is 9.84 Å². The molecule has 0 saturated heterocycles. The zero-order chi connectivity index (χ0) is 14.6. The van der Waals surface area contributed by atoms with E-state index in [0.717, 1.165) is 11.1 Å². The van der Waals surface area contributed by atoms with Crippen molar-refractivity contribution in [3.05, 3.63) is 77.9 Å². The summed E-state index contributed by atoms with van der Waals surface area (Å²) in [5.74, 6) is -0.00897. The lowest BCUT2D eigenvalue weighted by Crippen LogP contribution is -2.10. The van der Waals surface area contributed by atoms with Gasteiger partial charge < -0.3 is 0 Å². The number of hydrogen-bond acceptors (Lipinski definition) is 2. The fourth-order valence-electron chi connectivity index (χ4n) is 2.03. The fourth-order valence-corrected chi connectivity index (χ4v) is 3.39. The first kappa shape index (κ1) is 14.5. The average molecular weight is 286 g/mol. The smallest absolute Gasteiger partial charge is 0.182 e. The molecule has 0 saturated carbocycles. The number of sulfone groups is 1. The van der Waals surface area contributed by atoms with Gasteiger partial charge in [0.1, 0.15) is 0 Å². The molecule has 2 rings (SSSR count). The van der Waals surface area contributed by atoms with Gasteiger partial charge in [0, 0.05) is 0 Å². The summed E-state index contributed by atoms with van der Waals surface area (Å²) in [4.78, 5) is 0.359. The minimum atomic E-state index is -3.30. The Morgan fingerprint density at radius 3 is 2.20 bits per heavy atom. The van der Waals surface area contributed by atoms with Crippen molar-refractivity contribution in [1.82, 2.24) is 0 Å². The third kappa shape index (κ3) is 3.81. The molecule has 0 heterocycles. The lowest BCUT2D eigenvalue weighted by Gasteiger charge is -2.08. The maximum Gasteiger partial charge on any atom is 0.182 e. The summed E-state index contributed by atoms with van der Waals surface area (Å²) >= 11 is 0. The van der Waals surface area contributed by atoms with E-state index in [1.807, 2.05) is 49.4 Å². The second-order valence-electron chi connectivity index (χ2n) is 4.98. The van der Waals surface area contributed by atoms with Gasteiger partial charge >= 0.3 is 0 Å². The van der Waals surface area contributed by atoms with Crippen molar-refractivity contribution in [1.29, 1.82) is 0 Å². The molecular formula is C17H18O2S. The zero-order valence-electron chi connectivity index (χ0n) is 11.5. The predicted molar refractivity (Wildman–Crippen MR) is 82.5 cm³/mol. The molecule has 0 aromatic heterocycles. The van der Waals surface area contributed by atoms with Crippen LogP contribution in [0.5, 0.6) is 0 Å². The van der Waals surface area contributed by atoms with Crippen LogP contribution in [0.4, 0.5) is 0 Å². The molecule has 2 aromatic carbocycles. The van der Waals surface area contributed by atoms with Crippen LogP contribution in [-0.4, -0.2) is 14.2 Å². The SMILES string of the molecule is C=C(Cc1ccccc1)CS(=O)(=O)c1ccc(C)cc1. The molecule has 0 aliphatic rings. The second kappa shape index (κ2) is 6.06. The molecular weight excluding hydrogens is 268 g/mol. The lowest BCUT2D eigenvalue weighted by molar-refractivity contribution is 0.598. The van der Waals surface area contributed by atoms with Crippen LogP contribution in [0.2, 0.25) is 0 Å². The monoisotopic (exact) mass is 286 g/mol. The summed E-state index contributed by atoms with van der Waals surface area (Å²) < 4.78 is 24.6. The van der Waals surface area contributed by atoms with Crippen LogP contribution in [0, 0.1) is 6.92 Å². The second-order valence-corrected chi connectivity index (χ2v) is 6.97. The van der Waals surface area contributed by atoms with Crippen LogP contribution in [0.25, 0.3) is 0 Å². The van der Waals surface area contributed by atoms with Crippen molar-refractivity contribution in [2.24, 2.45) is 0 Å². The standard InChI is InChI=1S/C17H18O2S/c1-14-8-10-17(11-9-14)20(18,19)13-15(2)12-16-6-4-3-5-7-16/h3-11H,2,12-13H2,1H3. The Morgan fingerprint density at radius 1 is 1.00 bits per heavy atom. The van der Waals surface area contributed by atoms with Crippen LogP contribution in [0.15, 0.2) is 71.6 Å². The average Bonchev–Trinajstić information content (AvgIpc) is 2.39. The summed E-state index contributed by atoms with van der Waals surface area (Å²) in [5, 5.41) is 0. The van der Waals surface area contributed by atoms with Gasteiger partial charge in [-0.3, -0.25) is 0 Å². The first-order chi connectivity index (χ1) is 9.47. The van der Waals surface area contributed by atoms with Crippen LogP contribution in [-0.2, 0) is 16.3 Å². The van der Waals surface area contributed by atoms with Gasteiger partial charge in [0.05, 0.1) is 10.6 Å². The van der Waals surface area contributed by atoms with Crippen molar-refractivity contribution >= 4 is 9.84 Å². The highest BCUT2D eigenvalue weighted by Gasteiger charge is 2.15. The van der Waals surface area contributed by atoms with E-state index >= 15 is 0 Å². The molecule has 0 spiro atoms. The molecule has 0 aliphatic carbocycles. The first-order valence-corrected chi connectivity index (χ1v) is 8.12. The van der Waals surface area contributed by atoms with Crippen molar-refractivity contribution in [3.63, 3.8) is 0 Å². The maximum absolute atomic E-state index is 12.3. The molecule has 20 heavy (non-hydrogen) atoms. The van der Waals surface area contributed by atoms with Crippen LogP contribution in [0.1, 0.15) is 11.1 Å². The van der Waals surface area contributed by atoms with Gasteiger partial charge in [0.2, 0.25) is 0 Å². The Bertz CT molecular complexity index is 684. The van der Waals surface area contributed by atoms with E-state index in [0.29, 0.717) is 16.9 Å². The number of hydrogen-bond donors (Lipinski definition) is 0. The van der Waals surface area contributed by atoms with Gasteiger partial charge in [-0.25, -0.2) is 8.42 Å². The minimum absolute atomic E-state index is 0.00897. The molecule has 2 aromatic rings. The Balaban J connectivity index is 2.08. The molecule has 3 heteroatoms. The normalized spacial score (nSPS) is 11.2. The van der Waals surface area contributed by atoms with E-state index in [-0.39, 0.29) is 5.75 Å². The molecule has 2 nitrogen and oxygen atoms in total. The summed E-state index contributed by atoms with van der Waals surface area (Å²) in [7, 11) is -3.30. The van der Waals surface area contributed by atoms with E-state index in [1.54, 1.807) is 12.1 Å². The van der Waals surface area contributed by atoms with Crippen molar-refractivity contribution in [3.8, 4) is 0 Å². The summed E-state index contributed by atoms with van der Waals surface area (Å²) in [6.07, 6.45) is 0.589. The third-order valence-electron chi connectivity index (χ3n) is 3.07. The molecule has 0 atom stereocenters. The van der Waals surface area contributed by atoms with E-state index in [4.69, 9.17) is 0 Å². The van der Waals surface area contributed by atoms with E-state index < -0.39 is 9.84 Å². The predicted octanol–water partition coefficient (Wildman–Crippen LogP) is 3.57. The highest BCUT2D eigenvalue weighted by atomic mass is 32.2. The van der Waals surface area contributed by atoms with E-state index in [2.05, 4.69) is 6.58 Å². The minimum Gasteiger partial charge on any atom is -0.223 e. The van der Waals surface area contributed by atoms with Gasteiger partial charge in [-0.15, -0.1) is 0 Å². The van der Waals surface area contributed by atoms with E-state index in [1.165, 1.54) is 0 Å². The maximum atomic E-state index is 12.3. The molecule has 0 N–H and O–H groups in total. The summed E-state index contributed by atoms with van der Waals surface area (Å²) in [6.45, 7) is 5.83. The number of benzene rings is 2. The summed E-state index contributed by atoms with van der Waals surface area (Å²) in [6, 6.07) is 16.7. The zero-order valence-corrected chi connectivity index (χ0v) is 12.4. The van der Waals surface area contributed by atoms with E-state index in [9.17, 15) is 8.42 Å². The number of rotatable bonds is 5. The van der Waals surface area contributed by atoms with Gasteiger partial charge in [-0.1, -0.05) is 60.2 Å². The summed E-state index contributed by atoms with van der Waals surface area (Å²) in [5.41, 5.74) is 2.83. The molecule has 0 fully saturated rings. The highest BCUT2D eigenvalue weighted by Crippen LogP contribution is 2.16. The molecule has 0 unspecified atom stereocenters. The Kier molecular flexibility index (Phi) is 4.40. The third-order valence-corrected chi connectivity index (χ3v) is 4.85. The molecule has 104 valence electrons. The Hall–Kier alpha value is -1.87. The van der Waals surface area contributed by atoms with Gasteiger partial charge in [0.25, 0.3) is 0 Å². The topological polar surface area (TPSA) is 34.1 Å². The van der Waals surface area contributed by atoms with Crippen molar-refractivity contribution in [2.75, 3.05) is 5.75 Å². The van der Waals surface area contributed by atoms with Crippen molar-refractivity contribution < 1.29 is 8.42 Å². The number of aryl methyl sites for hydroxylation is 1. The van der Waals surface area contributed by atoms with Crippen LogP contribution in [0.3, 0.4) is 0 Å². The van der Waals surface area contributed by atoms with Crippen LogP contribution >= 0.6 is 0 Å². The highest BCUT2D eigenvalue weighted by molar-refractivity contribution is 7.91. The molecule has 0 bridgehead atoms. The largest absolute Gasteiger partial charge is 0.223 e. The van der Waals surface area contributed by atoms with Gasteiger partial charge in [-0.2, -0.15) is 0 Å². The van der Waals surface area contributed by atoms with Crippen LogP contribution < -0.4 is 0 Å². The molecule has 0 aliphatic heterocycles.